The predicted molar refractivity (Wildman–Crippen MR) is 93.6 cm³/mol. The smallest absolute Gasteiger partial charge is 0.282 e. The number of benzene rings is 1. The molecule has 1 aromatic rings. The molecule has 0 atom stereocenters. The molecule has 0 aliphatic carbocycles. The third-order valence-corrected chi connectivity index (χ3v) is 6.60. The van der Waals surface area contributed by atoms with Crippen molar-refractivity contribution >= 4 is 37.5 Å². The summed E-state index contributed by atoms with van der Waals surface area (Å²) in [5.74, 6) is 2.77. The normalized spacial score (nSPS) is 16.5. The molecule has 0 saturated carbocycles. The fourth-order valence-electron chi connectivity index (χ4n) is 2.55. The summed E-state index contributed by atoms with van der Waals surface area (Å²) >= 11 is 0. The fraction of sp³-hybridized carbons (Fsp3) is 0.533. The Hall–Kier alpha value is -0.500. The number of carbonyl (C=O) groups excluding carboxylic acids is 1. The van der Waals surface area contributed by atoms with Crippen molar-refractivity contribution in [2.75, 3.05) is 12.0 Å². The lowest BCUT2D eigenvalue weighted by Gasteiger charge is -2.13. The van der Waals surface area contributed by atoms with Gasteiger partial charge in [0.15, 0.2) is 0 Å². The molecule has 1 aromatic carbocycles. The fourth-order valence-corrected chi connectivity index (χ4v) is 4.40. The third-order valence-electron chi connectivity index (χ3n) is 3.85. The van der Waals surface area contributed by atoms with E-state index in [1.807, 2.05) is 24.6 Å². The molecule has 0 aromatic heterocycles. The summed E-state index contributed by atoms with van der Waals surface area (Å²) in [6.07, 6.45) is 5.11. The van der Waals surface area contributed by atoms with Crippen molar-refractivity contribution in [1.82, 2.24) is 0 Å². The first-order chi connectivity index (χ1) is 10.3. The van der Waals surface area contributed by atoms with Crippen LogP contribution in [0.4, 0.5) is 0 Å². The second-order valence-electron chi connectivity index (χ2n) is 5.73. The lowest BCUT2D eigenvalue weighted by Crippen LogP contribution is -2.26. The summed E-state index contributed by atoms with van der Waals surface area (Å²) < 4.78 is 37.7. The Morgan fingerprint density at radius 3 is 2.64 bits per heavy atom. The second kappa shape index (κ2) is 6.95. The maximum atomic E-state index is 11.3. The monoisotopic (exact) mass is 361 g/mol. The van der Waals surface area contributed by atoms with Gasteiger partial charge in [0.2, 0.25) is 0 Å². The number of rotatable bonds is 7. The van der Waals surface area contributed by atoms with Gasteiger partial charge in [-0.1, -0.05) is 21.6 Å². The Bertz CT molecular complexity index is 678. The van der Waals surface area contributed by atoms with E-state index in [-0.39, 0.29) is 10.3 Å². The highest BCUT2D eigenvalue weighted by atomic mass is 33.1. The van der Waals surface area contributed by atoms with E-state index in [2.05, 4.69) is 6.26 Å². The van der Waals surface area contributed by atoms with Crippen LogP contribution < -0.4 is 0 Å². The number of hydrogen-bond donors (Lipinski definition) is 1. The zero-order chi connectivity index (χ0) is 16.4. The molecule has 1 aliphatic heterocycles. The molecule has 0 bridgehead atoms. The molecule has 4 nitrogen and oxygen atoms in total. The third kappa shape index (κ3) is 3.88. The average molecular weight is 362 g/mol. The molecule has 1 aliphatic rings. The van der Waals surface area contributed by atoms with Crippen molar-refractivity contribution in [1.29, 1.82) is 0 Å². The van der Waals surface area contributed by atoms with E-state index in [1.54, 1.807) is 16.9 Å². The van der Waals surface area contributed by atoms with Crippen molar-refractivity contribution in [3.05, 3.63) is 23.8 Å². The molecule has 0 unspecified atom stereocenters. The van der Waals surface area contributed by atoms with Crippen LogP contribution in [0.5, 0.6) is 5.75 Å². The second-order valence-corrected chi connectivity index (χ2v) is 9.83. The van der Waals surface area contributed by atoms with Crippen LogP contribution in [-0.2, 0) is 20.0 Å². The number of ketones is 1. The highest BCUT2D eigenvalue weighted by molar-refractivity contribution is 8.76. The van der Waals surface area contributed by atoms with Gasteiger partial charge >= 0.3 is 11.5 Å². The molecule has 0 spiro atoms. The SMILES string of the molecule is CSSCCCCC1=[O+]c2ccc(S(=O)(=O)O)cc2C1(C)C. The van der Waals surface area contributed by atoms with Crippen LogP contribution in [-0.4, -0.2) is 30.8 Å². The van der Waals surface area contributed by atoms with Crippen LogP contribution in [0.25, 0.3) is 0 Å². The summed E-state index contributed by atoms with van der Waals surface area (Å²) in [6.45, 7) is 4.05. The van der Waals surface area contributed by atoms with Crippen LogP contribution in [0.1, 0.15) is 38.7 Å². The molecule has 122 valence electrons. The Morgan fingerprint density at radius 1 is 1.27 bits per heavy atom. The largest absolute Gasteiger partial charge is 0.357 e. The molecule has 1 N–H and O–H groups in total. The van der Waals surface area contributed by atoms with Crippen molar-refractivity contribution in [2.24, 2.45) is 0 Å². The zero-order valence-electron chi connectivity index (χ0n) is 13.0. The van der Waals surface area contributed by atoms with Crippen LogP contribution >= 0.6 is 21.6 Å². The van der Waals surface area contributed by atoms with Crippen LogP contribution in [0.15, 0.2) is 23.1 Å². The first kappa shape index (κ1) is 17.8. The molecule has 0 radical (unpaired) electrons. The standard InChI is InChI=1S/C15H20O4S3/c1-15(2)12-10-11(22(16,17)18)7-8-13(12)19-14(15)6-4-5-9-21-20-3/h7-8,10H,4-6,9H2,1-3H3/p+1. The van der Waals surface area contributed by atoms with Crippen molar-refractivity contribution in [2.45, 2.75) is 43.4 Å². The van der Waals surface area contributed by atoms with E-state index >= 15 is 0 Å². The molecule has 0 fully saturated rings. The van der Waals surface area contributed by atoms with Gasteiger partial charge < -0.3 is 0 Å². The Morgan fingerprint density at radius 2 is 2.00 bits per heavy atom. The van der Waals surface area contributed by atoms with Crippen LogP contribution in [0.2, 0.25) is 0 Å². The van der Waals surface area contributed by atoms with Crippen molar-refractivity contribution in [3.63, 3.8) is 0 Å². The van der Waals surface area contributed by atoms with Gasteiger partial charge in [-0.2, -0.15) is 8.42 Å². The molecule has 0 amide bonds. The number of hydrogen-bond acceptors (Lipinski definition) is 4. The maximum Gasteiger partial charge on any atom is 0.357 e. The van der Waals surface area contributed by atoms with Gasteiger partial charge in [0, 0.05) is 11.8 Å². The van der Waals surface area contributed by atoms with Gasteiger partial charge in [0.25, 0.3) is 10.1 Å². The zero-order valence-corrected chi connectivity index (χ0v) is 15.4. The van der Waals surface area contributed by atoms with E-state index in [0.717, 1.165) is 36.4 Å². The maximum absolute atomic E-state index is 11.3. The minimum Gasteiger partial charge on any atom is -0.282 e. The van der Waals surface area contributed by atoms with Gasteiger partial charge in [-0.25, -0.2) is 4.42 Å². The average Bonchev–Trinajstić information content (AvgIpc) is 2.69. The molecule has 1 heterocycles. The molecule has 7 heteroatoms. The van der Waals surface area contributed by atoms with E-state index in [0.29, 0.717) is 5.75 Å². The molecule has 0 saturated heterocycles. The summed E-state index contributed by atoms with van der Waals surface area (Å²) in [6, 6.07) is 4.51. The first-order valence-electron chi connectivity index (χ1n) is 7.08. The van der Waals surface area contributed by atoms with Crippen molar-refractivity contribution in [3.8, 4) is 5.75 Å². The van der Waals surface area contributed by atoms with Crippen molar-refractivity contribution < 1.29 is 17.4 Å². The summed E-state index contributed by atoms with van der Waals surface area (Å²) in [4.78, 5) is -0.0828. The molecule has 22 heavy (non-hydrogen) atoms. The Labute approximate surface area is 139 Å². The lowest BCUT2D eigenvalue weighted by atomic mass is 9.80. The molecular formula is C15H21O4S3+. The lowest BCUT2D eigenvalue weighted by molar-refractivity contribution is -0.364. The minimum absolute atomic E-state index is 0.0828. The molecule has 2 rings (SSSR count). The van der Waals surface area contributed by atoms with Gasteiger partial charge in [0.05, 0.1) is 16.9 Å². The van der Waals surface area contributed by atoms with E-state index in [9.17, 15) is 13.0 Å². The number of unbranched alkanes of at least 4 members (excludes halogenated alkanes) is 1. The quantitative estimate of drug-likeness (QED) is 0.341. The first-order valence-corrected chi connectivity index (χ1v) is 11.3. The highest BCUT2D eigenvalue weighted by Crippen LogP contribution is 2.41. The van der Waals surface area contributed by atoms with Gasteiger partial charge in [-0.3, -0.25) is 4.55 Å². The van der Waals surface area contributed by atoms with E-state index in [1.165, 1.54) is 12.1 Å². The Kier molecular flexibility index (Phi) is 5.63. The van der Waals surface area contributed by atoms with Gasteiger partial charge in [0.1, 0.15) is 5.41 Å². The summed E-state index contributed by atoms with van der Waals surface area (Å²) in [5.41, 5.74) is 0.471. The van der Waals surface area contributed by atoms with Crippen LogP contribution in [0, 0.1) is 0 Å². The van der Waals surface area contributed by atoms with Gasteiger partial charge in [-0.15, -0.1) is 0 Å². The minimum atomic E-state index is -4.19. The van der Waals surface area contributed by atoms with E-state index in [4.69, 9.17) is 4.42 Å². The van der Waals surface area contributed by atoms with Crippen LogP contribution in [0.3, 0.4) is 0 Å². The summed E-state index contributed by atoms with van der Waals surface area (Å²) in [7, 11) is -0.559. The topological polar surface area (TPSA) is 65.7 Å². The highest BCUT2D eigenvalue weighted by Gasteiger charge is 2.46. The molecular weight excluding hydrogens is 340 g/mol. The van der Waals surface area contributed by atoms with E-state index < -0.39 is 10.1 Å². The predicted octanol–water partition coefficient (Wildman–Crippen LogP) is 4.22. The number of fused-ring (bicyclic) bond motifs is 1. The Balaban J connectivity index is 2.14. The van der Waals surface area contributed by atoms with Gasteiger partial charge in [-0.05, 0) is 45.1 Å². The summed E-state index contributed by atoms with van der Waals surface area (Å²) in [5, 5.41) is 0.